The molecule has 2 heterocycles. The summed E-state index contributed by atoms with van der Waals surface area (Å²) in [5, 5.41) is 7.66. The topological polar surface area (TPSA) is 59.4 Å². The Morgan fingerprint density at radius 2 is 2.08 bits per heavy atom. The van der Waals surface area contributed by atoms with Crippen LogP contribution in [0.2, 0.25) is 0 Å². The predicted molar refractivity (Wildman–Crippen MR) is 97.4 cm³/mol. The summed E-state index contributed by atoms with van der Waals surface area (Å²) in [6.07, 6.45) is 0.902. The van der Waals surface area contributed by atoms with Crippen LogP contribution in [0.25, 0.3) is 11.3 Å². The van der Waals surface area contributed by atoms with Gasteiger partial charge in [0.2, 0.25) is 0 Å². The summed E-state index contributed by atoms with van der Waals surface area (Å²) in [4.78, 5) is 14.2. The minimum Gasteiger partial charge on any atom is -0.383 e. The van der Waals surface area contributed by atoms with Crippen LogP contribution in [0.1, 0.15) is 23.2 Å². The summed E-state index contributed by atoms with van der Waals surface area (Å²) in [6, 6.07) is 8.47. The van der Waals surface area contributed by atoms with Gasteiger partial charge in [-0.3, -0.25) is 4.68 Å². The predicted octanol–water partition coefficient (Wildman–Crippen LogP) is 2.73. The number of methoxy groups -OCH3 is 1. The number of benzene rings is 1. The number of aromatic nitrogens is 2. The van der Waals surface area contributed by atoms with Crippen LogP contribution in [0.3, 0.4) is 0 Å². The summed E-state index contributed by atoms with van der Waals surface area (Å²) in [5.41, 5.74) is 5.72. The van der Waals surface area contributed by atoms with Crippen molar-refractivity contribution in [2.24, 2.45) is 0 Å². The maximum absolute atomic E-state index is 12.3. The van der Waals surface area contributed by atoms with Gasteiger partial charge in [-0.05, 0) is 43.5 Å². The molecule has 2 amide bonds. The Labute approximate surface area is 148 Å². The van der Waals surface area contributed by atoms with Gasteiger partial charge in [-0.15, -0.1) is 0 Å². The first kappa shape index (κ1) is 17.5. The van der Waals surface area contributed by atoms with E-state index in [1.807, 2.05) is 9.58 Å². The zero-order valence-electron chi connectivity index (χ0n) is 15.2. The molecule has 1 N–H and O–H groups in total. The molecule has 0 radical (unpaired) electrons. The third-order valence-corrected chi connectivity index (χ3v) is 4.69. The Hall–Kier alpha value is -2.34. The van der Waals surface area contributed by atoms with Crippen molar-refractivity contribution in [3.8, 4) is 11.3 Å². The molecule has 0 atom stereocenters. The molecule has 2 aromatic rings. The van der Waals surface area contributed by atoms with Gasteiger partial charge in [0.1, 0.15) is 0 Å². The monoisotopic (exact) mass is 342 g/mol. The first-order valence-corrected chi connectivity index (χ1v) is 8.74. The molecule has 0 bridgehead atoms. The van der Waals surface area contributed by atoms with E-state index in [2.05, 4.69) is 43.4 Å². The number of ether oxygens (including phenoxy) is 1. The number of fused-ring (bicyclic) bond motifs is 1. The number of nitrogens with one attached hydrogen (secondary N) is 1. The van der Waals surface area contributed by atoms with Crippen LogP contribution in [0, 0.1) is 13.8 Å². The second kappa shape index (κ2) is 7.70. The lowest BCUT2D eigenvalue weighted by Crippen LogP contribution is -2.40. The van der Waals surface area contributed by atoms with Gasteiger partial charge in [-0.25, -0.2) is 4.79 Å². The Morgan fingerprint density at radius 3 is 2.84 bits per heavy atom. The van der Waals surface area contributed by atoms with Crippen molar-refractivity contribution in [3.63, 3.8) is 0 Å². The van der Waals surface area contributed by atoms with Crippen LogP contribution in [0.5, 0.6) is 0 Å². The van der Waals surface area contributed by atoms with Gasteiger partial charge in [0.05, 0.1) is 24.5 Å². The Morgan fingerprint density at radius 1 is 1.24 bits per heavy atom. The number of amides is 2. The van der Waals surface area contributed by atoms with Crippen molar-refractivity contribution in [2.45, 2.75) is 33.4 Å². The number of hydrogen-bond donors (Lipinski definition) is 1. The highest BCUT2D eigenvalue weighted by atomic mass is 16.5. The maximum Gasteiger partial charge on any atom is 0.317 e. The van der Waals surface area contributed by atoms with E-state index in [0.717, 1.165) is 36.5 Å². The van der Waals surface area contributed by atoms with E-state index < -0.39 is 0 Å². The van der Waals surface area contributed by atoms with Crippen LogP contribution >= 0.6 is 0 Å². The van der Waals surface area contributed by atoms with Gasteiger partial charge >= 0.3 is 6.03 Å². The Bertz CT molecular complexity index is 754. The first-order chi connectivity index (χ1) is 12.1. The minimum atomic E-state index is -0.0422. The van der Waals surface area contributed by atoms with Crippen molar-refractivity contribution in [1.29, 1.82) is 0 Å². The molecule has 3 rings (SSSR count). The van der Waals surface area contributed by atoms with Crippen LogP contribution in [-0.4, -0.2) is 47.5 Å². The molecule has 1 aliphatic heterocycles. The fourth-order valence-corrected chi connectivity index (χ4v) is 3.05. The van der Waals surface area contributed by atoms with Gasteiger partial charge in [0.15, 0.2) is 0 Å². The van der Waals surface area contributed by atoms with Crippen molar-refractivity contribution in [2.75, 3.05) is 26.8 Å². The lowest BCUT2D eigenvalue weighted by molar-refractivity contribution is 0.178. The highest BCUT2D eigenvalue weighted by molar-refractivity contribution is 5.74. The van der Waals surface area contributed by atoms with E-state index in [1.54, 1.807) is 7.11 Å². The minimum absolute atomic E-state index is 0.0422. The molecule has 0 fully saturated rings. The van der Waals surface area contributed by atoms with Crippen molar-refractivity contribution >= 4 is 6.03 Å². The van der Waals surface area contributed by atoms with Crippen LogP contribution in [0.4, 0.5) is 4.79 Å². The zero-order valence-corrected chi connectivity index (χ0v) is 15.2. The summed E-state index contributed by atoms with van der Waals surface area (Å²) in [6.45, 7) is 7.43. The van der Waals surface area contributed by atoms with Crippen LogP contribution in [-0.2, 0) is 17.8 Å². The number of nitrogens with zero attached hydrogens (tertiary/aromatic N) is 3. The molecule has 6 heteroatoms. The highest BCUT2D eigenvalue weighted by Crippen LogP contribution is 2.24. The third kappa shape index (κ3) is 4.02. The quantitative estimate of drug-likeness (QED) is 0.869. The SMILES string of the molecule is COCCNC(=O)N1CCCn2nc(-c3ccc(C)c(C)c3)cc2C1. The molecule has 0 aliphatic carbocycles. The Balaban J connectivity index is 1.76. The Kier molecular flexibility index (Phi) is 5.38. The molecular formula is C19H26N4O2. The average Bonchev–Trinajstić information content (AvgIpc) is 2.89. The molecular weight excluding hydrogens is 316 g/mol. The van der Waals surface area contributed by atoms with Crippen molar-refractivity contribution < 1.29 is 9.53 Å². The van der Waals surface area contributed by atoms with Gasteiger partial charge in [-0.2, -0.15) is 5.10 Å². The van der Waals surface area contributed by atoms with E-state index in [1.165, 1.54) is 11.1 Å². The normalized spacial score (nSPS) is 14.1. The number of urea groups is 1. The molecule has 1 aliphatic rings. The molecule has 0 spiro atoms. The number of aryl methyl sites for hydroxylation is 3. The average molecular weight is 342 g/mol. The number of rotatable bonds is 4. The first-order valence-electron chi connectivity index (χ1n) is 8.74. The number of hydrogen-bond acceptors (Lipinski definition) is 3. The molecule has 25 heavy (non-hydrogen) atoms. The molecule has 0 unspecified atom stereocenters. The highest BCUT2D eigenvalue weighted by Gasteiger charge is 2.20. The summed E-state index contributed by atoms with van der Waals surface area (Å²) >= 11 is 0. The number of carbonyl (C=O) groups excluding carboxylic acids is 1. The lowest BCUT2D eigenvalue weighted by atomic mass is 10.0. The molecule has 1 aromatic carbocycles. The van der Waals surface area contributed by atoms with E-state index in [4.69, 9.17) is 9.84 Å². The smallest absolute Gasteiger partial charge is 0.317 e. The third-order valence-electron chi connectivity index (χ3n) is 4.69. The van der Waals surface area contributed by atoms with E-state index >= 15 is 0 Å². The molecule has 134 valence electrons. The van der Waals surface area contributed by atoms with Crippen molar-refractivity contribution in [3.05, 3.63) is 41.1 Å². The maximum atomic E-state index is 12.3. The largest absolute Gasteiger partial charge is 0.383 e. The van der Waals surface area contributed by atoms with Gasteiger partial charge in [-0.1, -0.05) is 12.1 Å². The van der Waals surface area contributed by atoms with Crippen LogP contribution in [0.15, 0.2) is 24.3 Å². The standard InChI is InChI=1S/C19H26N4O2/c1-14-5-6-16(11-15(14)2)18-12-17-13-22(8-4-9-23(17)21-18)19(24)20-7-10-25-3/h5-6,11-12H,4,7-10,13H2,1-3H3,(H,20,24). The van der Waals surface area contributed by atoms with E-state index in [9.17, 15) is 4.79 Å². The van der Waals surface area contributed by atoms with Gasteiger partial charge in [0.25, 0.3) is 0 Å². The van der Waals surface area contributed by atoms with Gasteiger partial charge < -0.3 is 15.0 Å². The lowest BCUT2D eigenvalue weighted by Gasteiger charge is -2.20. The summed E-state index contributed by atoms with van der Waals surface area (Å²) < 4.78 is 7.02. The molecule has 0 saturated carbocycles. The van der Waals surface area contributed by atoms with Crippen LogP contribution < -0.4 is 5.32 Å². The molecule has 6 nitrogen and oxygen atoms in total. The van der Waals surface area contributed by atoms with Crippen molar-refractivity contribution in [1.82, 2.24) is 20.0 Å². The fraction of sp³-hybridized carbons (Fsp3) is 0.474. The van der Waals surface area contributed by atoms with E-state index in [-0.39, 0.29) is 6.03 Å². The second-order valence-corrected chi connectivity index (χ2v) is 6.54. The molecule has 0 saturated heterocycles. The summed E-state index contributed by atoms with van der Waals surface area (Å²) in [5.74, 6) is 0. The fourth-order valence-electron chi connectivity index (χ4n) is 3.05. The van der Waals surface area contributed by atoms with E-state index in [0.29, 0.717) is 19.7 Å². The zero-order chi connectivity index (χ0) is 17.8. The number of carbonyl (C=O) groups is 1. The second-order valence-electron chi connectivity index (χ2n) is 6.54. The summed E-state index contributed by atoms with van der Waals surface area (Å²) in [7, 11) is 1.63. The van der Waals surface area contributed by atoms with Gasteiger partial charge in [0, 0.05) is 32.3 Å². The molecule has 1 aromatic heterocycles.